The second-order valence-electron chi connectivity index (χ2n) is 8.87. The molecular weight excluding hydrogens is 388 g/mol. The highest BCUT2D eigenvalue weighted by Crippen LogP contribution is 2.45. The summed E-state index contributed by atoms with van der Waals surface area (Å²) in [7, 11) is 1.70. The van der Waals surface area contributed by atoms with Gasteiger partial charge in [-0.25, -0.2) is 0 Å². The first-order valence-electron chi connectivity index (χ1n) is 10.8. The number of ether oxygens (including phenoxy) is 1. The van der Waals surface area contributed by atoms with Crippen LogP contribution >= 0.6 is 0 Å². The molecule has 1 saturated heterocycles. The Kier molecular flexibility index (Phi) is 6.10. The van der Waals surface area contributed by atoms with E-state index in [1.54, 1.807) is 7.11 Å². The predicted molar refractivity (Wildman–Crippen MR) is 121 cm³/mol. The van der Waals surface area contributed by atoms with Crippen molar-refractivity contribution >= 4 is 11.6 Å². The Morgan fingerprint density at radius 3 is 2.77 bits per heavy atom. The highest BCUT2D eigenvalue weighted by atomic mass is 16.5. The Hall–Kier alpha value is -2.72. The lowest BCUT2D eigenvalue weighted by Crippen LogP contribution is -2.59. The quantitative estimate of drug-likeness (QED) is 0.808. The zero-order chi connectivity index (χ0) is 22.0. The normalized spacial score (nSPS) is 25.8. The summed E-state index contributed by atoms with van der Waals surface area (Å²) in [6, 6.07) is 18.7. The van der Waals surface area contributed by atoms with Crippen molar-refractivity contribution in [1.29, 1.82) is 5.26 Å². The predicted octanol–water partition coefficient (Wildman–Crippen LogP) is 2.52. The van der Waals surface area contributed by atoms with Crippen LogP contribution in [0.15, 0.2) is 48.5 Å². The molecule has 2 aliphatic heterocycles. The van der Waals surface area contributed by atoms with Crippen LogP contribution in [-0.4, -0.2) is 62.8 Å². The number of anilines is 1. The highest BCUT2D eigenvalue weighted by Gasteiger charge is 2.43. The number of benzene rings is 2. The van der Waals surface area contributed by atoms with Gasteiger partial charge in [-0.3, -0.25) is 9.69 Å². The third-order valence-corrected chi connectivity index (χ3v) is 6.62. The first-order valence-corrected chi connectivity index (χ1v) is 10.8. The summed E-state index contributed by atoms with van der Waals surface area (Å²) < 4.78 is 5.39. The maximum atomic E-state index is 13.6. The molecule has 0 spiro atoms. The van der Waals surface area contributed by atoms with Crippen molar-refractivity contribution < 1.29 is 9.53 Å². The zero-order valence-electron chi connectivity index (χ0n) is 18.5. The fourth-order valence-corrected chi connectivity index (χ4v) is 4.89. The largest absolute Gasteiger partial charge is 0.383 e. The molecule has 2 aromatic carbocycles. The number of methoxy groups -OCH3 is 1. The summed E-state index contributed by atoms with van der Waals surface area (Å²) in [5.41, 5.74) is 3.37. The molecule has 0 bridgehead atoms. The van der Waals surface area contributed by atoms with Gasteiger partial charge in [-0.2, -0.15) is 5.26 Å². The van der Waals surface area contributed by atoms with Crippen LogP contribution in [0.25, 0.3) is 0 Å². The number of rotatable bonds is 5. The van der Waals surface area contributed by atoms with Gasteiger partial charge in [-0.15, -0.1) is 0 Å². The van der Waals surface area contributed by atoms with Crippen LogP contribution in [0.5, 0.6) is 0 Å². The number of nitriles is 1. The average Bonchev–Trinajstić information content (AvgIpc) is 3.09. The standard InChI is InChI=1S/C25H30N4O2/c1-18-14-28(21(13-27-18)16-31-3)15-24(30)29-17-25(2,20-7-5-4-6-8-20)22-10-9-19(12-26)11-23(22)29/h4-11,18,21,27H,13-17H2,1-3H3/t18-,21-,25+/m1/s1. The Labute approximate surface area is 184 Å². The SMILES string of the molecule is COC[C@H]1CN[C@H](C)CN1CC(=O)N1C[C@@](C)(c2ccccc2)c2ccc(C#N)cc21. The zero-order valence-corrected chi connectivity index (χ0v) is 18.5. The van der Waals surface area contributed by atoms with Crippen LogP contribution in [0.2, 0.25) is 0 Å². The molecular formula is C25H30N4O2. The van der Waals surface area contributed by atoms with Gasteiger partial charge in [-0.1, -0.05) is 36.4 Å². The third-order valence-electron chi connectivity index (χ3n) is 6.62. The number of carbonyl (C=O) groups excluding carboxylic acids is 1. The van der Waals surface area contributed by atoms with E-state index in [1.807, 2.05) is 41.3 Å². The molecule has 0 unspecified atom stereocenters. The van der Waals surface area contributed by atoms with Crippen molar-refractivity contribution in [1.82, 2.24) is 10.2 Å². The van der Waals surface area contributed by atoms with Crippen LogP contribution in [0, 0.1) is 11.3 Å². The van der Waals surface area contributed by atoms with E-state index in [9.17, 15) is 10.1 Å². The van der Waals surface area contributed by atoms with Crippen molar-refractivity contribution in [2.75, 3.05) is 44.8 Å². The minimum atomic E-state index is -0.317. The van der Waals surface area contributed by atoms with E-state index in [2.05, 4.69) is 42.3 Å². The maximum Gasteiger partial charge on any atom is 0.241 e. The van der Waals surface area contributed by atoms with Crippen molar-refractivity contribution in [3.8, 4) is 6.07 Å². The average molecular weight is 419 g/mol. The minimum absolute atomic E-state index is 0.0613. The van der Waals surface area contributed by atoms with Gasteiger partial charge < -0.3 is 15.0 Å². The van der Waals surface area contributed by atoms with E-state index in [1.165, 1.54) is 5.56 Å². The van der Waals surface area contributed by atoms with Crippen LogP contribution in [0.3, 0.4) is 0 Å². The van der Waals surface area contributed by atoms with Gasteiger partial charge in [0.05, 0.1) is 24.8 Å². The molecule has 2 aromatic rings. The van der Waals surface area contributed by atoms with E-state index < -0.39 is 0 Å². The molecule has 162 valence electrons. The molecule has 2 heterocycles. The van der Waals surface area contributed by atoms with Gasteiger partial charge in [0.25, 0.3) is 0 Å². The summed E-state index contributed by atoms with van der Waals surface area (Å²) in [6.07, 6.45) is 0. The van der Waals surface area contributed by atoms with Gasteiger partial charge in [0.2, 0.25) is 5.91 Å². The lowest BCUT2D eigenvalue weighted by atomic mass is 9.78. The van der Waals surface area contributed by atoms with Crippen molar-refractivity contribution in [3.05, 3.63) is 65.2 Å². The Balaban J connectivity index is 1.65. The van der Waals surface area contributed by atoms with Crippen molar-refractivity contribution in [3.63, 3.8) is 0 Å². The summed E-state index contributed by atoms with van der Waals surface area (Å²) in [4.78, 5) is 17.7. The summed E-state index contributed by atoms with van der Waals surface area (Å²) in [5.74, 6) is 0.0613. The van der Waals surface area contributed by atoms with Gasteiger partial charge in [0.1, 0.15) is 0 Å². The Morgan fingerprint density at radius 2 is 2.06 bits per heavy atom. The van der Waals surface area contributed by atoms with E-state index >= 15 is 0 Å². The van der Waals surface area contributed by atoms with Crippen LogP contribution in [0.1, 0.15) is 30.5 Å². The first kappa shape index (κ1) is 21.5. The molecule has 4 rings (SSSR count). The molecule has 6 heteroatoms. The second-order valence-corrected chi connectivity index (χ2v) is 8.87. The molecule has 6 nitrogen and oxygen atoms in total. The number of piperazine rings is 1. The molecule has 0 saturated carbocycles. The summed E-state index contributed by atoms with van der Waals surface area (Å²) in [6.45, 7) is 7.41. The van der Waals surface area contributed by atoms with Crippen LogP contribution in [-0.2, 0) is 14.9 Å². The summed E-state index contributed by atoms with van der Waals surface area (Å²) >= 11 is 0. The van der Waals surface area contributed by atoms with Gasteiger partial charge in [0.15, 0.2) is 0 Å². The fraction of sp³-hybridized carbons (Fsp3) is 0.440. The number of fused-ring (bicyclic) bond motifs is 1. The first-order chi connectivity index (χ1) is 15.0. The molecule has 1 fully saturated rings. The van der Waals surface area contributed by atoms with E-state index in [4.69, 9.17) is 4.74 Å². The number of amides is 1. The number of hydrogen-bond donors (Lipinski definition) is 1. The highest BCUT2D eigenvalue weighted by molar-refractivity contribution is 5.98. The smallest absolute Gasteiger partial charge is 0.241 e. The number of nitrogens with one attached hydrogen (secondary N) is 1. The Bertz CT molecular complexity index is 987. The van der Waals surface area contributed by atoms with E-state index in [0.717, 1.165) is 24.3 Å². The molecule has 0 radical (unpaired) electrons. The number of hydrogen-bond acceptors (Lipinski definition) is 5. The van der Waals surface area contributed by atoms with Crippen LogP contribution in [0.4, 0.5) is 5.69 Å². The Morgan fingerprint density at radius 1 is 1.29 bits per heavy atom. The topological polar surface area (TPSA) is 68.6 Å². The molecule has 1 N–H and O–H groups in total. The second kappa shape index (κ2) is 8.80. The number of carbonyl (C=O) groups is 1. The fourth-order valence-electron chi connectivity index (χ4n) is 4.89. The van der Waals surface area contributed by atoms with E-state index in [-0.39, 0.29) is 17.4 Å². The molecule has 1 amide bonds. The third kappa shape index (κ3) is 4.09. The van der Waals surface area contributed by atoms with Gasteiger partial charge >= 0.3 is 0 Å². The van der Waals surface area contributed by atoms with E-state index in [0.29, 0.717) is 31.3 Å². The molecule has 31 heavy (non-hydrogen) atoms. The minimum Gasteiger partial charge on any atom is -0.383 e. The summed E-state index contributed by atoms with van der Waals surface area (Å²) in [5, 5.41) is 12.9. The lowest BCUT2D eigenvalue weighted by Gasteiger charge is -2.39. The molecule has 2 aliphatic rings. The molecule has 0 aromatic heterocycles. The maximum absolute atomic E-state index is 13.6. The monoisotopic (exact) mass is 418 g/mol. The lowest BCUT2D eigenvalue weighted by molar-refractivity contribution is -0.121. The van der Waals surface area contributed by atoms with Crippen molar-refractivity contribution in [2.24, 2.45) is 0 Å². The van der Waals surface area contributed by atoms with Crippen LogP contribution < -0.4 is 10.2 Å². The van der Waals surface area contributed by atoms with Gasteiger partial charge in [-0.05, 0) is 37.1 Å². The van der Waals surface area contributed by atoms with Crippen molar-refractivity contribution in [2.45, 2.75) is 31.3 Å². The van der Waals surface area contributed by atoms with Gasteiger partial charge in [0, 0.05) is 49.9 Å². The molecule has 3 atom stereocenters. The number of nitrogens with zero attached hydrogens (tertiary/aromatic N) is 3. The molecule has 0 aliphatic carbocycles.